The summed E-state index contributed by atoms with van der Waals surface area (Å²) in [4.78, 5) is 23.7. The highest BCUT2D eigenvalue weighted by Gasteiger charge is 2.31. The molecule has 2 rings (SSSR count). The van der Waals surface area contributed by atoms with Crippen molar-refractivity contribution in [3.8, 4) is 0 Å². The van der Waals surface area contributed by atoms with Gasteiger partial charge in [-0.05, 0) is 38.0 Å². The van der Waals surface area contributed by atoms with E-state index < -0.39 is 40.2 Å². The highest BCUT2D eigenvalue weighted by Crippen LogP contribution is 2.21. The van der Waals surface area contributed by atoms with Crippen LogP contribution in [-0.2, 0) is 24.3 Å². The molecule has 1 amide bonds. The topological polar surface area (TPSA) is 92.8 Å². The molecule has 0 spiro atoms. The molecule has 0 radical (unpaired) electrons. The van der Waals surface area contributed by atoms with Crippen molar-refractivity contribution in [2.45, 2.75) is 19.8 Å². The van der Waals surface area contributed by atoms with Gasteiger partial charge in [0.2, 0.25) is 10.0 Å². The quantitative estimate of drug-likeness (QED) is 0.762. The summed E-state index contributed by atoms with van der Waals surface area (Å²) in [7, 11) is -3.25. The Balaban J connectivity index is 1.76. The zero-order chi connectivity index (χ0) is 18.4. The first-order chi connectivity index (χ1) is 11.8. The first kappa shape index (κ1) is 19.3. The van der Waals surface area contributed by atoms with E-state index in [9.17, 15) is 22.4 Å². The van der Waals surface area contributed by atoms with Crippen molar-refractivity contribution < 1.29 is 27.1 Å². The molecule has 0 unspecified atom stereocenters. The molecule has 1 fully saturated rings. The minimum absolute atomic E-state index is 0.0301. The number of nitrogens with zero attached hydrogens (tertiary/aromatic N) is 1. The number of carbonyl (C=O) groups excluding carboxylic acids is 2. The third-order valence-corrected chi connectivity index (χ3v) is 5.88. The Morgan fingerprint density at radius 1 is 1.32 bits per heavy atom. The van der Waals surface area contributed by atoms with Crippen molar-refractivity contribution in [1.82, 2.24) is 4.31 Å². The summed E-state index contributed by atoms with van der Waals surface area (Å²) in [6.07, 6.45) is 0.729. The molecule has 0 aromatic heterocycles. The van der Waals surface area contributed by atoms with E-state index >= 15 is 0 Å². The minimum atomic E-state index is -3.25. The lowest BCUT2D eigenvalue weighted by atomic mass is 9.98. The van der Waals surface area contributed by atoms with E-state index in [-0.39, 0.29) is 24.5 Å². The van der Waals surface area contributed by atoms with Gasteiger partial charge in [-0.1, -0.05) is 6.07 Å². The number of amides is 1. The number of carbonyl (C=O) groups is 2. The summed E-state index contributed by atoms with van der Waals surface area (Å²) < 4.78 is 42.9. The highest BCUT2D eigenvalue weighted by molar-refractivity contribution is 7.89. The number of hydrogen-bond donors (Lipinski definition) is 1. The largest absolute Gasteiger partial charge is 0.455 e. The first-order valence-corrected chi connectivity index (χ1v) is 9.62. The Morgan fingerprint density at radius 3 is 2.60 bits per heavy atom. The van der Waals surface area contributed by atoms with Crippen molar-refractivity contribution in [2.75, 3.05) is 30.8 Å². The van der Waals surface area contributed by atoms with Crippen LogP contribution >= 0.6 is 0 Å². The summed E-state index contributed by atoms with van der Waals surface area (Å²) in [5, 5.41) is 2.43. The van der Waals surface area contributed by atoms with E-state index in [1.807, 2.05) is 0 Å². The number of ether oxygens (including phenoxy) is 1. The molecule has 0 atom stereocenters. The third kappa shape index (κ3) is 5.50. The van der Waals surface area contributed by atoms with Gasteiger partial charge in [0.25, 0.3) is 5.91 Å². The van der Waals surface area contributed by atoms with Crippen molar-refractivity contribution in [3.63, 3.8) is 0 Å². The molecule has 1 heterocycles. The smallest absolute Gasteiger partial charge is 0.309 e. The number of sulfonamides is 1. The van der Waals surface area contributed by atoms with Crippen molar-refractivity contribution in [2.24, 2.45) is 5.92 Å². The lowest BCUT2D eigenvalue weighted by molar-refractivity contribution is -0.152. The number of anilines is 1. The lowest BCUT2D eigenvalue weighted by Gasteiger charge is -2.29. The molecule has 1 aromatic carbocycles. The molecule has 1 aliphatic heterocycles. The Labute approximate surface area is 146 Å². The van der Waals surface area contributed by atoms with Crippen LogP contribution in [-0.4, -0.2) is 50.0 Å². The predicted molar refractivity (Wildman–Crippen MR) is 89.7 cm³/mol. The van der Waals surface area contributed by atoms with Crippen LogP contribution < -0.4 is 5.32 Å². The van der Waals surface area contributed by atoms with Crippen molar-refractivity contribution >= 4 is 27.6 Å². The van der Waals surface area contributed by atoms with E-state index in [1.54, 1.807) is 6.92 Å². The second kappa shape index (κ2) is 8.39. The molecule has 0 aliphatic carbocycles. The van der Waals surface area contributed by atoms with Crippen LogP contribution in [0, 0.1) is 11.7 Å². The van der Waals surface area contributed by atoms with Gasteiger partial charge in [-0.15, -0.1) is 0 Å². The van der Waals surface area contributed by atoms with Gasteiger partial charge >= 0.3 is 5.97 Å². The van der Waals surface area contributed by atoms with Gasteiger partial charge < -0.3 is 10.1 Å². The van der Waals surface area contributed by atoms with E-state index in [2.05, 4.69) is 5.32 Å². The number of piperidine rings is 1. The van der Waals surface area contributed by atoms with Crippen LogP contribution in [0.1, 0.15) is 19.8 Å². The molecule has 0 saturated carbocycles. The van der Waals surface area contributed by atoms with Crippen LogP contribution in [0.5, 0.6) is 0 Å². The molecule has 1 aliphatic rings. The Morgan fingerprint density at radius 2 is 2.00 bits per heavy atom. The number of hydrogen-bond acceptors (Lipinski definition) is 5. The molecule has 25 heavy (non-hydrogen) atoms. The molecule has 9 heteroatoms. The lowest BCUT2D eigenvalue weighted by Crippen LogP contribution is -2.41. The van der Waals surface area contributed by atoms with Crippen LogP contribution in [0.4, 0.5) is 10.1 Å². The van der Waals surface area contributed by atoms with Crippen LogP contribution in [0.3, 0.4) is 0 Å². The summed E-state index contributed by atoms with van der Waals surface area (Å²) >= 11 is 0. The Hall–Kier alpha value is -2.00. The maximum absolute atomic E-state index is 13.0. The van der Waals surface area contributed by atoms with E-state index in [0.717, 1.165) is 6.07 Å². The SMILES string of the molecule is CCS(=O)(=O)N1CCC(C(=O)OCC(=O)Nc2cccc(F)c2)CC1. The zero-order valence-corrected chi connectivity index (χ0v) is 14.7. The molecule has 1 N–H and O–H groups in total. The fourth-order valence-corrected chi connectivity index (χ4v) is 3.70. The van der Waals surface area contributed by atoms with Gasteiger partial charge in [-0.3, -0.25) is 9.59 Å². The maximum atomic E-state index is 13.0. The minimum Gasteiger partial charge on any atom is -0.455 e. The second-order valence-corrected chi connectivity index (χ2v) is 8.00. The fraction of sp³-hybridized carbons (Fsp3) is 0.500. The maximum Gasteiger partial charge on any atom is 0.309 e. The number of halogens is 1. The van der Waals surface area contributed by atoms with E-state index in [0.29, 0.717) is 12.8 Å². The number of esters is 1. The van der Waals surface area contributed by atoms with Crippen LogP contribution in [0.2, 0.25) is 0 Å². The highest BCUT2D eigenvalue weighted by atomic mass is 32.2. The Kier molecular flexibility index (Phi) is 6.49. The molecule has 138 valence electrons. The fourth-order valence-electron chi connectivity index (χ4n) is 2.57. The summed E-state index contributed by atoms with van der Waals surface area (Å²) in [5.74, 6) is -1.97. The van der Waals surface area contributed by atoms with Crippen LogP contribution in [0.15, 0.2) is 24.3 Å². The number of rotatable bonds is 6. The van der Waals surface area contributed by atoms with Crippen molar-refractivity contribution in [3.05, 3.63) is 30.1 Å². The van der Waals surface area contributed by atoms with E-state index in [1.165, 1.54) is 22.5 Å². The molecular formula is C16H21FN2O5S. The summed E-state index contributed by atoms with van der Waals surface area (Å²) in [6, 6.07) is 5.38. The van der Waals surface area contributed by atoms with Crippen molar-refractivity contribution in [1.29, 1.82) is 0 Å². The zero-order valence-electron chi connectivity index (χ0n) is 13.9. The van der Waals surface area contributed by atoms with E-state index in [4.69, 9.17) is 4.74 Å². The van der Waals surface area contributed by atoms with Crippen LogP contribution in [0.25, 0.3) is 0 Å². The molecule has 1 saturated heterocycles. The number of benzene rings is 1. The molecule has 0 bridgehead atoms. The summed E-state index contributed by atoms with van der Waals surface area (Å²) in [5.41, 5.74) is 0.277. The number of nitrogens with one attached hydrogen (secondary N) is 1. The first-order valence-electron chi connectivity index (χ1n) is 8.01. The van der Waals surface area contributed by atoms with Gasteiger partial charge in [-0.2, -0.15) is 0 Å². The van der Waals surface area contributed by atoms with Gasteiger partial charge in [0, 0.05) is 18.8 Å². The average molecular weight is 372 g/mol. The monoisotopic (exact) mass is 372 g/mol. The second-order valence-electron chi connectivity index (χ2n) is 5.74. The normalized spacial score (nSPS) is 16.4. The average Bonchev–Trinajstić information content (AvgIpc) is 2.60. The molecule has 1 aromatic rings. The summed E-state index contributed by atoms with van der Waals surface area (Å²) in [6.45, 7) is 1.65. The standard InChI is InChI=1S/C16H21FN2O5S/c1-2-25(22,23)19-8-6-12(7-9-19)16(21)24-11-15(20)18-14-5-3-4-13(17)10-14/h3-5,10,12H,2,6-9,11H2,1H3,(H,18,20). The van der Waals surface area contributed by atoms with Gasteiger partial charge in [0.05, 0.1) is 11.7 Å². The van der Waals surface area contributed by atoms with Gasteiger partial charge in [-0.25, -0.2) is 17.1 Å². The third-order valence-electron chi connectivity index (χ3n) is 4.00. The van der Waals surface area contributed by atoms with Gasteiger partial charge in [0.1, 0.15) is 5.82 Å². The Bertz CT molecular complexity index is 730. The molecule has 7 nitrogen and oxygen atoms in total. The molecular weight excluding hydrogens is 351 g/mol. The van der Waals surface area contributed by atoms with Gasteiger partial charge in [0.15, 0.2) is 6.61 Å². The predicted octanol–water partition coefficient (Wildman–Crippen LogP) is 1.37.